The quantitative estimate of drug-likeness (QED) is 0.449. The molecule has 0 aliphatic rings. The number of nitrogen functional groups attached to an aromatic ring is 1. The van der Waals surface area contributed by atoms with Gasteiger partial charge in [-0.2, -0.15) is 4.98 Å². The average molecular weight is 207 g/mol. The molecule has 0 saturated carbocycles. The SMILES string of the molecule is C=CCSc1nc(N)nc2[nH]cnc12. The van der Waals surface area contributed by atoms with Crippen LogP contribution in [-0.4, -0.2) is 25.7 Å². The molecule has 0 aromatic carbocycles. The first kappa shape index (κ1) is 9.01. The zero-order valence-electron chi connectivity index (χ0n) is 7.40. The predicted octanol–water partition coefficient (Wildman–Crippen LogP) is 1.21. The molecule has 0 spiro atoms. The number of nitrogens with one attached hydrogen (secondary N) is 1. The molecule has 5 nitrogen and oxygen atoms in total. The maximum Gasteiger partial charge on any atom is 0.223 e. The van der Waals surface area contributed by atoms with E-state index in [1.807, 2.05) is 0 Å². The molecule has 6 heteroatoms. The summed E-state index contributed by atoms with van der Waals surface area (Å²) >= 11 is 1.54. The van der Waals surface area contributed by atoms with Gasteiger partial charge in [0.15, 0.2) is 5.65 Å². The molecule has 0 atom stereocenters. The summed E-state index contributed by atoms with van der Waals surface area (Å²) in [5.41, 5.74) is 6.97. The molecule has 0 fully saturated rings. The van der Waals surface area contributed by atoms with Crippen LogP contribution in [0.25, 0.3) is 11.2 Å². The molecular weight excluding hydrogens is 198 g/mol. The molecule has 2 rings (SSSR count). The Kier molecular flexibility index (Phi) is 2.36. The van der Waals surface area contributed by atoms with E-state index in [0.29, 0.717) is 5.65 Å². The Bertz CT molecular complexity index is 464. The van der Waals surface area contributed by atoms with Gasteiger partial charge < -0.3 is 10.7 Å². The van der Waals surface area contributed by atoms with Gasteiger partial charge in [-0.3, -0.25) is 0 Å². The molecule has 0 radical (unpaired) electrons. The Morgan fingerprint density at radius 3 is 3.21 bits per heavy atom. The summed E-state index contributed by atoms with van der Waals surface area (Å²) in [6.45, 7) is 3.64. The van der Waals surface area contributed by atoms with Gasteiger partial charge in [0.05, 0.1) is 6.33 Å². The second-order valence-corrected chi connectivity index (χ2v) is 3.60. The van der Waals surface area contributed by atoms with Crippen LogP contribution in [0.5, 0.6) is 0 Å². The summed E-state index contributed by atoms with van der Waals surface area (Å²) < 4.78 is 0. The standard InChI is InChI=1S/C8H9N5S/c1-2-3-14-7-5-6(11-4-10-5)12-8(9)13-7/h2,4H,1,3H2,(H3,9,10,11,12,13). The number of anilines is 1. The smallest absolute Gasteiger partial charge is 0.223 e. The highest BCUT2D eigenvalue weighted by Gasteiger charge is 2.07. The van der Waals surface area contributed by atoms with E-state index >= 15 is 0 Å². The van der Waals surface area contributed by atoms with Crippen molar-refractivity contribution in [1.82, 2.24) is 19.9 Å². The van der Waals surface area contributed by atoms with Crippen LogP contribution in [0.1, 0.15) is 0 Å². The van der Waals surface area contributed by atoms with Gasteiger partial charge in [0.1, 0.15) is 10.5 Å². The van der Waals surface area contributed by atoms with Crippen molar-refractivity contribution in [2.75, 3.05) is 11.5 Å². The number of imidazole rings is 1. The summed E-state index contributed by atoms with van der Waals surface area (Å²) in [6, 6.07) is 0. The summed E-state index contributed by atoms with van der Waals surface area (Å²) in [6.07, 6.45) is 3.39. The van der Waals surface area contributed by atoms with Gasteiger partial charge in [0.25, 0.3) is 0 Å². The monoisotopic (exact) mass is 207 g/mol. The normalized spacial score (nSPS) is 10.6. The van der Waals surface area contributed by atoms with Crippen molar-refractivity contribution < 1.29 is 0 Å². The van der Waals surface area contributed by atoms with Gasteiger partial charge in [-0.05, 0) is 0 Å². The zero-order chi connectivity index (χ0) is 9.97. The van der Waals surface area contributed by atoms with Crippen molar-refractivity contribution in [2.24, 2.45) is 0 Å². The van der Waals surface area contributed by atoms with Gasteiger partial charge in [-0.25, -0.2) is 9.97 Å². The Labute approximate surface area is 84.8 Å². The maximum absolute atomic E-state index is 5.55. The largest absolute Gasteiger partial charge is 0.368 e. The van der Waals surface area contributed by atoms with Crippen LogP contribution in [0.15, 0.2) is 24.0 Å². The predicted molar refractivity (Wildman–Crippen MR) is 57.0 cm³/mol. The second-order valence-electron chi connectivity index (χ2n) is 2.59. The van der Waals surface area contributed by atoms with Crippen LogP contribution in [0, 0.1) is 0 Å². The topological polar surface area (TPSA) is 80.5 Å². The van der Waals surface area contributed by atoms with E-state index in [0.717, 1.165) is 16.3 Å². The van der Waals surface area contributed by atoms with Gasteiger partial charge in [-0.1, -0.05) is 17.8 Å². The fourth-order valence-electron chi connectivity index (χ4n) is 1.06. The number of nitrogens with two attached hydrogens (primary N) is 1. The van der Waals surface area contributed by atoms with Crippen LogP contribution < -0.4 is 5.73 Å². The third-order valence-corrected chi connectivity index (χ3v) is 2.56. The average Bonchev–Trinajstić information content (AvgIpc) is 2.61. The minimum absolute atomic E-state index is 0.258. The maximum atomic E-state index is 5.55. The number of H-pyrrole nitrogens is 1. The van der Waals surface area contributed by atoms with Crippen molar-refractivity contribution >= 4 is 28.9 Å². The van der Waals surface area contributed by atoms with E-state index < -0.39 is 0 Å². The van der Waals surface area contributed by atoms with Gasteiger partial charge in [-0.15, -0.1) is 6.58 Å². The number of thioether (sulfide) groups is 1. The summed E-state index contributed by atoms with van der Waals surface area (Å²) in [4.78, 5) is 15.1. The van der Waals surface area contributed by atoms with E-state index in [2.05, 4.69) is 26.5 Å². The fraction of sp³-hybridized carbons (Fsp3) is 0.125. The summed E-state index contributed by atoms with van der Waals surface area (Å²) in [5.74, 6) is 1.03. The van der Waals surface area contributed by atoms with E-state index in [1.54, 1.807) is 12.4 Å². The van der Waals surface area contributed by atoms with Crippen LogP contribution in [0.3, 0.4) is 0 Å². The van der Waals surface area contributed by atoms with E-state index in [-0.39, 0.29) is 5.95 Å². The molecule has 0 amide bonds. The van der Waals surface area contributed by atoms with E-state index in [1.165, 1.54) is 11.8 Å². The highest BCUT2D eigenvalue weighted by atomic mass is 32.2. The third-order valence-electron chi connectivity index (χ3n) is 1.60. The number of nitrogens with zero attached hydrogens (tertiary/aromatic N) is 3. The van der Waals surface area contributed by atoms with Crippen LogP contribution in [0.4, 0.5) is 5.95 Å². The molecule has 72 valence electrons. The molecule has 0 aliphatic heterocycles. The Hall–Kier alpha value is -1.56. The zero-order valence-corrected chi connectivity index (χ0v) is 8.21. The van der Waals surface area contributed by atoms with Crippen LogP contribution in [0.2, 0.25) is 0 Å². The van der Waals surface area contributed by atoms with Crippen molar-refractivity contribution in [3.05, 3.63) is 19.0 Å². The minimum Gasteiger partial charge on any atom is -0.368 e. The molecule has 2 heterocycles. The highest BCUT2D eigenvalue weighted by Crippen LogP contribution is 2.23. The lowest BCUT2D eigenvalue weighted by molar-refractivity contribution is 1.10. The molecular formula is C8H9N5S. The number of hydrogen-bond donors (Lipinski definition) is 2. The minimum atomic E-state index is 0.258. The Morgan fingerprint density at radius 1 is 1.57 bits per heavy atom. The van der Waals surface area contributed by atoms with E-state index in [9.17, 15) is 0 Å². The van der Waals surface area contributed by atoms with Crippen molar-refractivity contribution in [1.29, 1.82) is 0 Å². The van der Waals surface area contributed by atoms with Gasteiger partial charge in [0, 0.05) is 5.75 Å². The van der Waals surface area contributed by atoms with Crippen LogP contribution >= 0.6 is 11.8 Å². The summed E-state index contributed by atoms with van der Waals surface area (Å²) in [5, 5.41) is 0.786. The lowest BCUT2D eigenvalue weighted by Gasteiger charge is -1.99. The molecule has 3 N–H and O–H groups in total. The molecule has 0 unspecified atom stereocenters. The lowest BCUT2D eigenvalue weighted by atomic mass is 10.5. The Balaban J connectivity index is 2.49. The van der Waals surface area contributed by atoms with Crippen molar-refractivity contribution in [2.45, 2.75) is 5.03 Å². The van der Waals surface area contributed by atoms with Crippen molar-refractivity contribution in [3.8, 4) is 0 Å². The van der Waals surface area contributed by atoms with Crippen LogP contribution in [-0.2, 0) is 0 Å². The molecule has 14 heavy (non-hydrogen) atoms. The Morgan fingerprint density at radius 2 is 2.43 bits per heavy atom. The fourth-order valence-corrected chi connectivity index (χ4v) is 1.78. The van der Waals surface area contributed by atoms with E-state index in [4.69, 9.17) is 5.73 Å². The number of aromatic amines is 1. The molecule has 0 saturated heterocycles. The molecule has 0 bridgehead atoms. The first-order valence-corrected chi connectivity index (χ1v) is 5.00. The van der Waals surface area contributed by atoms with Gasteiger partial charge in [0.2, 0.25) is 5.95 Å². The number of aromatic nitrogens is 4. The third kappa shape index (κ3) is 1.56. The molecule has 2 aromatic heterocycles. The lowest BCUT2D eigenvalue weighted by Crippen LogP contribution is -1.97. The number of rotatable bonds is 3. The highest BCUT2D eigenvalue weighted by molar-refractivity contribution is 7.99. The second kappa shape index (κ2) is 3.67. The molecule has 0 aliphatic carbocycles. The first-order valence-electron chi connectivity index (χ1n) is 4.01. The summed E-state index contributed by atoms with van der Waals surface area (Å²) in [7, 11) is 0. The van der Waals surface area contributed by atoms with Crippen molar-refractivity contribution in [3.63, 3.8) is 0 Å². The number of hydrogen-bond acceptors (Lipinski definition) is 5. The number of fused-ring (bicyclic) bond motifs is 1. The molecule has 2 aromatic rings. The van der Waals surface area contributed by atoms with Gasteiger partial charge >= 0.3 is 0 Å². The first-order chi connectivity index (χ1) is 6.81.